The maximum absolute atomic E-state index is 14.6. The minimum absolute atomic E-state index is 0.326. The number of hydrogen-bond donors (Lipinski definition) is 0. The minimum atomic E-state index is -1.93. The van der Waals surface area contributed by atoms with Crippen LogP contribution in [0.1, 0.15) is 88.6 Å². The maximum Gasteiger partial charge on any atom is 0.344 e. The van der Waals surface area contributed by atoms with Crippen molar-refractivity contribution in [2.45, 2.75) is 79.4 Å². The molecule has 0 saturated heterocycles. The molecule has 0 aliphatic carbocycles. The van der Waals surface area contributed by atoms with Crippen molar-refractivity contribution in [3.05, 3.63) is 58.2 Å². The molecule has 0 aliphatic rings. The van der Waals surface area contributed by atoms with Crippen LogP contribution in [-0.2, 0) is 26.3 Å². The molecule has 10 heteroatoms. The Hall–Kier alpha value is -3.04. The summed E-state index contributed by atoms with van der Waals surface area (Å²) in [5.74, 6) is -10.4. The molecule has 0 amide bonds. The molecule has 0 N–H and O–H groups in total. The van der Waals surface area contributed by atoms with Crippen LogP contribution in [0.15, 0.2) is 12.4 Å². The molecule has 2 rings (SSSR count). The van der Waals surface area contributed by atoms with E-state index in [-0.39, 0.29) is 5.41 Å². The highest BCUT2D eigenvalue weighted by Gasteiger charge is 2.36. The molecule has 1 aromatic heterocycles. The van der Waals surface area contributed by atoms with Gasteiger partial charge in [-0.15, -0.1) is 0 Å². The van der Waals surface area contributed by atoms with Crippen LogP contribution in [0.25, 0.3) is 0 Å². The molecule has 0 fully saturated rings. The van der Waals surface area contributed by atoms with E-state index in [2.05, 4.69) is 14.7 Å². The van der Waals surface area contributed by atoms with Gasteiger partial charge in [0, 0.05) is 23.4 Å². The van der Waals surface area contributed by atoms with Crippen molar-refractivity contribution in [3.63, 3.8) is 0 Å². The number of benzene rings is 1. The number of aromatic nitrogens is 2. The largest absolute Gasteiger partial charge is 0.460 e. The summed E-state index contributed by atoms with van der Waals surface area (Å²) in [5.41, 5.74) is -3.30. The van der Waals surface area contributed by atoms with Crippen molar-refractivity contribution >= 4 is 11.9 Å². The van der Waals surface area contributed by atoms with Gasteiger partial charge in [0.15, 0.2) is 23.3 Å². The highest BCUT2D eigenvalue weighted by molar-refractivity contribution is 5.90. The lowest BCUT2D eigenvalue weighted by Crippen LogP contribution is -2.29. The van der Waals surface area contributed by atoms with Gasteiger partial charge in [-0.1, -0.05) is 41.5 Å². The number of carbonyl (C=O) groups is 2. The minimum Gasteiger partial charge on any atom is -0.460 e. The van der Waals surface area contributed by atoms with E-state index in [0.717, 1.165) is 0 Å². The van der Waals surface area contributed by atoms with E-state index in [9.17, 15) is 27.2 Å². The average Bonchev–Trinajstić information content (AvgIpc) is 2.70. The van der Waals surface area contributed by atoms with Crippen molar-refractivity contribution < 1.29 is 36.6 Å². The third-order valence-electron chi connectivity index (χ3n) is 5.04. The van der Waals surface area contributed by atoms with Crippen molar-refractivity contribution in [1.82, 2.24) is 9.97 Å². The molecule has 1 heterocycles. The van der Waals surface area contributed by atoms with Gasteiger partial charge in [0.25, 0.3) is 0 Å². The number of halogens is 4. The second kappa shape index (κ2) is 10.3. The van der Waals surface area contributed by atoms with Gasteiger partial charge >= 0.3 is 11.9 Å². The third-order valence-corrected chi connectivity index (χ3v) is 5.04. The van der Waals surface area contributed by atoms with Crippen LogP contribution in [0.3, 0.4) is 0 Å². The van der Waals surface area contributed by atoms with Gasteiger partial charge < -0.3 is 9.47 Å². The molecule has 192 valence electrons. The zero-order valence-corrected chi connectivity index (χ0v) is 21.1. The Morgan fingerprint density at radius 2 is 1.37 bits per heavy atom. The number of nitrogens with zero attached hydrogens (tertiary/aromatic N) is 2. The fraction of sp³-hybridized carbons (Fsp3) is 0.520. The third kappa shape index (κ3) is 6.35. The Labute approximate surface area is 202 Å². The lowest BCUT2D eigenvalue weighted by molar-refractivity contribution is -0.149. The smallest absolute Gasteiger partial charge is 0.344 e. The van der Waals surface area contributed by atoms with Crippen LogP contribution in [0, 0.1) is 28.7 Å². The molecule has 1 atom stereocenters. The molecule has 1 unspecified atom stereocenters. The maximum atomic E-state index is 14.6. The first-order valence-electron chi connectivity index (χ1n) is 11.0. The summed E-state index contributed by atoms with van der Waals surface area (Å²) in [4.78, 5) is 33.4. The summed E-state index contributed by atoms with van der Waals surface area (Å²) in [7, 11) is 0. The molecule has 0 saturated carbocycles. The summed E-state index contributed by atoms with van der Waals surface area (Å²) >= 11 is 0. The predicted octanol–water partition coefficient (Wildman–Crippen LogP) is 5.77. The van der Waals surface area contributed by atoms with Crippen LogP contribution in [-0.4, -0.2) is 28.0 Å². The Morgan fingerprint density at radius 1 is 0.886 bits per heavy atom. The van der Waals surface area contributed by atoms with Gasteiger partial charge in [-0.2, -0.15) is 0 Å². The number of carbonyl (C=O) groups excluding carboxylic acids is 2. The van der Waals surface area contributed by atoms with Gasteiger partial charge in [-0.05, 0) is 19.3 Å². The van der Waals surface area contributed by atoms with Crippen molar-refractivity contribution in [1.29, 1.82) is 0 Å². The summed E-state index contributed by atoms with van der Waals surface area (Å²) < 4.78 is 67.7. The van der Waals surface area contributed by atoms with Crippen LogP contribution in [0.2, 0.25) is 0 Å². The van der Waals surface area contributed by atoms with Crippen LogP contribution in [0.4, 0.5) is 17.6 Å². The van der Waals surface area contributed by atoms with Gasteiger partial charge in [0.2, 0.25) is 0 Å². The first kappa shape index (κ1) is 28.2. The normalized spacial score (nSPS) is 13.1. The van der Waals surface area contributed by atoms with Crippen LogP contribution < -0.4 is 0 Å². The SMILES string of the molecule is CC(C)OC(=O)c1c(F)c(F)c(COC(=O)C(c2cnc(C(C)(C)C)nc2)C(C)(C)C)c(F)c1F. The average molecular weight is 499 g/mol. The summed E-state index contributed by atoms with van der Waals surface area (Å²) in [6.45, 7) is 12.7. The van der Waals surface area contributed by atoms with Gasteiger partial charge in [0.1, 0.15) is 18.0 Å². The second-order valence-corrected chi connectivity index (χ2v) is 10.6. The van der Waals surface area contributed by atoms with E-state index in [1.165, 1.54) is 26.2 Å². The van der Waals surface area contributed by atoms with E-state index in [1.54, 1.807) is 20.8 Å². The van der Waals surface area contributed by atoms with Gasteiger partial charge in [-0.25, -0.2) is 32.3 Å². The van der Waals surface area contributed by atoms with E-state index in [4.69, 9.17) is 4.74 Å². The van der Waals surface area contributed by atoms with Crippen molar-refractivity contribution in [2.24, 2.45) is 5.41 Å². The number of ether oxygens (including phenoxy) is 2. The second-order valence-electron chi connectivity index (χ2n) is 10.6. The van der Waals surface area contributed by atoms with Crippen LogP contribution >= 0.6 is 0 Å². The first-order valence-corrected chi connectivity index (χ1v) is 11.0. The van der Waals surface area contributed by atoms with Crippen molar-refractivity contribution in [2.75, 3.05) is 0 Å². The molecule has 1 aromatic carbocycles. The summed E-state index contributed by atoms with van der Waals surface area (Å²) in [6.07, 6.45) is 2.17. The standard InChI is InChI=1S/C25H30F4N2O4/c1-12(2)35-21(32)15-19(28)17(26)14(18(27)20(15)29)11-34-22(33)16(24(3,4)5)13-9-30-23(31-10-13)25(6,7)8/h9-10,12,16H,11H2,1-8H3. The molecule has 2 aromatic rings. The molecule has 0 radical (unpaired) electrons. The molecule has 35 heavy (non-hydrogen) atoms. The number of hydrogen-bond acceptors (Lipinski definition) is 6. The monoisotopic (exact) mass is 498 g/mol. The topological polar surface area (TPSA) is 78.4 Å². The number of esters is 2. The van der Waals surface area contributed by atoms with E-state index < -0.39 is 70.4 Å². The Kier molecular flexibility index (Phi) is 8.29. The van der Waals surface area contributed by atoms with E-state index >= 15 is 0 Å². The fourth-order valence-corrected chi connectivity index (χ4v) is 3.35. The quantitative estimate of drug-likeness (QED) is 0.286. The molecule has 0 bridgehead atoms. The number of rotatable bonds is 6. The lowest BCUT2D eigenvalue weighted by Gasteiger charge is -2.29. The van der Waals surface area contributed by atoms with Gasteiger partial charge in [-0.3, -0.25) is 4.79 Å². The van der Waals surface area contributed by atoms with Crippen LogP contribution in [0.5, 0.6) is 0 Å². The zero-order valence-electron chi connectivity index (χ0n) is 21.1. The predicted molar refractivity (Wildman–Crippen MR) is 120 cm³/mol. The molecule has 0 spiro atoms. The van der Waals surface area contributed by atoms with E-state index in [1.807, 2.05) is 20.8 Å². The van der Waals surface area contributed by atoms with Gasteiger partial charge in [0.05, 0.1) is 17.6 Å². The molecular formula is C25H30F4N2O4. The van der Waals surface area contributed by atoms with Crippen molar-refractivity contribution in [3.8, 4) is 0 Å². The highest BCUT2D eigenvalue weighted by Crippen LogP contribution is 2.36. The van der Waals surface area contributed by atoms with E-state index in [0.29, 0.717) is 11.4 Å². The lowest BCUT2D eigenvalue weighted by atomic mass is 9.77. The summed E-state index contributed by atoms with van der Waals surface area (Å²) in [5, 5.41) is 0. The zero-order chi connectivity index (χ0) is 26.9. The summed E-state index contributed by atoms with van der Waals surface area (Å²) in [6, 6.07) is 0. The highest BCUT2D eigenvalue weighted by atomic mass is 19.2. The molecule has 0 aliphatic heterocycles. The Morgan fingerprint density at radius 3 is 1.77 bits per heavy atom. The Balaban J connectivity index is 2.36. The molecule has 6 nitrogen and oxygen atoms in total. The Bertz CT molecular complexity index is 1080. The fourth-order valence-electron chi connectivity index (χ4n) is 3.35. The molecular weight excluding hydrogens is 468 g/mol. The first-order chi connectivity index (χ1) is 16.0.